The van der Waals surface area contributed by atoms with Crippen molar-refractivity contribution in [3.05, 3.63) is 71.3 Å². The lowest BCUT2D eigenvalue weighted by Crippen LogP contribution is -2.21. The van der Waals surface area contributed by atoms with Crippen molar-refractivity contribution in [2.75, 3.05) is 6.54 Å². The molecule has 20 heavy (non-hydrogen) atoms. The van der Waals surface area contributed by atoms with Gasteiger partial charge in [-0.3, -0.25) is 4.84 Å². The number of nitriles is 1. The summed E-state index contributed by atoms with van der Waals surface area (Å²) in [6, 6.07) is 18.7. The molecule has 0 bridgehead atoms. The molecule has 0 spiro atoms. The summed E-state index contributed by atoms with van der Waals surface area (Å²) < 4.78 is 0. The number of rotatable bonds is 6. The molecule has 4 heteroatoms. The van der Waals surface area contributed by atoms with E-state index in [1.807, 2.05) is 36.4 Å². The van der Waals surface area contributed by atoms with Crippen molar-refractivity contribution in [1.82, 2.24) is 5.48 Å². The molecule has 2 rings (SSSR count). The maximum atomic E-state index is 9.96. The standard InChI is InChI=1S/C16H16N2O2/c17-10-13-6-8-15(9-7-13)16(19)11-18-20-12-14-4-2-1-3-5-14/h1-9,16,18-19H,11-12H2. The molecule has 0 fully saturated rings. The van der Waals surface area contributed by atoms with E-state index in [1.165, 1.54) is 0 Å². The van der Waals surface area contributed by atoms with Gasteiger partial charge in [-0.2, -0.15) is 10.7 Å². The number of hydroxylamine groups is 1. The lowest BCUT2D eigenvalue weighted by molar-refractivity contribution is 0.00270. The van der Waals surface area contributed by atoms with Gasteiger partial charge in [-0.25, -0.2) is 0 Å². The van der Waals surface area contributed by atoms with Gasteiger partial charge in [0.05, 0.1) is 30.9 Å². The van der Waals surface area contributed by atoms with E-state index in [2.05, 4.69) is 5.48 Å². The number of nitrogens with one attached hydrogen (secondary N) is 1. The van der Waals surface area contributed by atoms with Crippen LogP contribution in [0, 0.1) is 11.3 Å². The van der Waals surface area contributed by atoms with Crippen molar-refractivity contribution in [3.63, 3.8) is 0 Å². The zero-order valence-corrected chi connectivity index (χ0v) is 11.0. The van der Waals surface area contributed by atoms with Gasteiger partial charge in [0.15, 0.2) is 0 Å². The summed E-state index contributed by atoms with van der Waals surface area (Å²) in [7, 11) is 0. The third-order valence-electron chi connectivity index (χ3n) is 2.88. The summed E-state index contributed by atoms with van der Waals surface area (Å²) in [4.78, 5) is 5.29. The molecule has 1 unspecified atom stereocenters. The van der Waals surface area contributed by atoms with Crippen LogP contribution in [0.15, 0.2) is 54.6 Å². The number of hydrogen-bond acceptors (Lipinski definition) is 4. The summed E-state index contributed by atoms with van der Waals surface area (Å²) >= 11 is 0. The summed E-state index contributed by atoms with van der Waals surface area (Å²) in [5.74, 6) is 0. The van der Waals surface area contributed by atoms with E-state index < -0.39 is 6.10 Å². The lowest BCUT2D eigenvalue weighted by Gasteiger charge is -2.12. The molecular formula is C16H16N2O2. The van der Waals surface area contributed by atoms with Gasteiger partial charge in [-0.1, -0.05) is 42.5 Å². The zero-order valence-electron chi connectivity index (χ0n) is 11.0. The normalized spacial score (nSPS) is 11.8. The molecule has 0 aliphatic rings. The molecule has 1 atom stereocenters. The first-order valence-corrected chi connectivity index (χ1v) is 6.36. The maximum Gasteiger partial charge on any atom is 0.0991 e. The molecule has 0 aliphatic carbocycles. The minimum absolute atomic E-state index is 0.290. The van der Waals surface area contributed by atoms with E-state index in [1.54, 1.807) is 24.3 Å². The third-order valence-corrected chi connectivity index (χ3v) is 2.88. The van der Waals surface area contributed by atoms with Gasteiger partial charge in [0.25, 0.3) is 0 Å². The minimum Gasteiger partial charge on any atom is -0.387 e. The van der Waals surface area contributed by atoms with Crippen molar-refractivity contribution in [1.29, 1.82) is 5.26 Å². The summed E-state index contributed by atoms with van der Waals surface area (Å²) in [6.07, 6.45) is -0.668. The van der Waals surface area contributed by atoms with Crippen molar-refractivity contribution in [3.8, 4) is 6.07 Å². The van der Waals surface area contributed by atoms with Crippen LogP contribution in [0.1, 0.15) is 22.8 Å². The van der Waals surface area contributed by atoms with Crippen LogP contribution in [-0.2, 0) is 11.4 Å². The minimum atomic E-state index is -0.668. The van der Waals surface area contributed by atoms with Gasteiger partial charge in [-0.05, 0) is 23.3 Å². The number of aliphatic hydroxyl groups excluding tert-OH is 1. The summed E-state index contributed by atoms with van der Waals surface area (Å²) in [5, 5.41) is 18.7. The van der Waals surface area contributed by atoms with Crippen LogP contribution in [0.3, 0.4) is 0 Å². The lowest BCUT2D eigenvalue weighted by atomic mass is 10.1. The first-order valence-electron chi connectivity index (χ1n) is 6.36. The molecule has 0 saturated heterocycles. The van der Waals surface area contributed by atoms with E-state index in [0.29, 0.717) is 18.7 Å². The molecule has 0 aromatic heterocycles. The highest BCUT2D eigenvalue weighted by atomic mass is 16.6. The number of nitrogens with zero attached hydrogens (tertiary/aromatic N) is 1. The van der Waals surface area contributed by atoms with E-state index in [9.17, 15) is 5.11 Å². The Bertz CT molecular complexity index is 561. The molecule has 4 nitrogen and oxygen atoms in total. The molecule has 0 radical (unpaired) electrons. The molecule has 0 heterocycles. The Morgan fingerprint density at radius 1 is 1.10 bits per heavy atom. The fourth-order valence-corrected chi connectivity index (χ4v) is 1.74. The van der Waals surface area contributed by atoms with Crippen LogP contribution in [-0.4, -0.2) is 11.7 Å². The number of benzene rings is 2. The molecule has 2 aromatic rings. The topological polar surface area (TPSA) is 65.3 Å². The highest BCUT2D eigenvalue weighted by Crippen LogP contribution is 2.12. The summed E-state index contributed by atoms with van der Waals surface area (Å²) in [5.41, 5.74) is 5.14. The second kappa shape index (κ2) is 7.41. The van der Waals surface area contributed by atoms with E-state index >= 15 is 0 Å². The van der Waals surface area contributed by atoms with Crippen LogP contribution in [0.5, 0.6) is 0 Å². The predicted octanol–water partition coefficient (Wildman–Crippen LogP) is 2.31. The molecular weight excluding hydrogens is 252 g/mol. The van der Waals surface area contributed by atoms with Gasteiger partial charge in [-0.15, -0.1) is 0 Å². The molecule has 102 valence electrons. The van der Waals surface area contributed by atoms with Gasteiger partial charge < -0.3 is 5.11 Å². The number of aliphatic hydroxyl groups is 1. The van der Waals surface area contributed by atoms with Crippen LogP contribution in [0.2, 0.25) is 0 Å². The quantitative estimate of drug-likeness (QED) is 0.623. The van der Waals surface area contributed by atoms with Gasteiger partial charge >= 0.3 is 0 Å². The Hall–Kier alpha value is -2.19. The Balaban J connectivity index is 1.74. The smallest absolute Gasteiger partial charge is 0.0991 e. The molecule has 2 N–H and O–H groups in total. The zero-order chi connectivity index (χ0) is 14.2. The largest absolute Gasteiger partial charge is 0.387 e. The highest BCUT2D eigenvalue weighted by Gasteiger charge is 2.07. The molecule has 0 aliphatic heterocycles. The average molecular weight is 268 g/mol. The third kappa shape index (κ3) is 4.18. The first-order chi connectivity index (χ1) is 9.79. The second-order valence-corrected chi connectivity index (χ2v) is 4.37. The second-order valence-electron chi connectivity index (χ2n) is 4.37. The van der Waals surface area contributed by atoms with Crippen molar-refractivity contribution >= 4 is 0 Å². The fourth-order valence-electron chi connectivity index (χ4n) is 1.74. The highest BCUT2D eigenvalue weighted by molar-refractivity contribution is 5.32. The van der Waals surface area contributed by atoms with Crippen LogP contribution in [0.4, 0.5) is 0 Å². The van der Waals surface area contributed by atoms with Gasteiger partial charge in [0, 0.05) is 0 Å². The predicted molar refractivity (Wildman–Crippen MR) is 75.4 cm³/mol. The maximum absolute atomic E-state index is 9.96. The van der Waals surface area contributed by atoms with E-state index in [4.69, 9.17) is 10.1 Å². The van der Waals surface area contributed by atoms with Crippen molar-refractivity contribution in [2.24, 2.45) is 0 Å². The van der Waals surface area contributed by atoms with Crippen molar-refractivity contribution < 1.29 is 9.94 Å². The Labute approximate surface area is 118 Å². The van der Waals surface area contributed by atoms with Crippen molar-refractivity contribution in [2.45, 2.75) is 12.7 Å². The van der Waals surface area contributed by atoms with Crippen LogP contribution < -0.4 is 5.48 Å². The Morgan fingerprint density at radius 2 is 1.80 bits per heavy atom. The van der Waals surface area contributed by atoms with Gasteiger partial charge in [0.2, 0.25) is 0 Å². The molecule has 0 saturated carbocycles. The van der Waals surface area contributed by atoms with E-state index in [0.717, 1.165) is 11.1 Å². The Kier molecular flexibility index (Phi) is 5.27. The Morgan fingerprint density at radius 3 is 2.45 bits per heavy atom. The van der Waals surface area contributed by atoms with Crippen LogP contribution in [0.25, 0.3) is 0 Å². The first kappa shape index (κ1) is 14.2. The molecule has 2 aromatic carbocycles. The average Bonchev–Trinajstić information content (AvgIpc) is 2.52. The molecule has 0 amide bonds. The van der Waals surface area contributed by atoms with Gasteiger partial charge in [0.1, 0.15) is 0 Å². The fraction of sp³-hybridized carbons (Fsp3) is 0.188. The summed E-state index contributed by atoms with van der Waals surface area (Å²) in [6.45, 7) is 0.736. The monoisotopic (exact) mass is 268 g/mol. The van der Waals surface area contributed by atoms with Crippen LogP contribution >= 0.6 is 0 Å². The SMILES string of the molecule is N#Cc1ccc(C(O)CNOCc2ccccc2)cc1. The van der Waals surface area contributed by atoms with E-state index in [-0.39, 0.29) is 0 Å². The number of hydrogen-bond donors (Lipinski definition) is 2.